The number of rotatable bonds is 71. The zero-order valence-corrected chi connectivity index (χ0v) is 55.8. The molecule has 82 heavy (non-hydrogen) atoms. The first kappa shape index (κ1) is 80.3. The molecule has 2 unspecified atom stereocenters. The molecular weight excluding hydrogens is 1010 g/mol. The van der Waals surface area contributed by atoms with Crippen molar-refractivity contribution in [2.45, 2.75) is 437 Å². The van der Waals surface area contributed by atoms with E-state index < -0.39 is 12.1 Å². The van der Waals surface area contributed by atoms with Gasteiger partial charge in [0, 0.05) is 12.8 Å². The number of aliphatic hydroxyl groups is 2. The Hall–Kier alpha value is -1.66. The van der Waals surface area contributed by atoms with Gasteiger partial charge < -0.3 is 20.3 Å². The lowest BCUT2D eigenvalue weighted by molar-refractivity contribution is -0.143. The van der Waals surface area contributed by atoms with Crippen LogP contribution in [-0.2, 0) is 14.3 Å². The van der Waals surface area contributed by atoms with E-state index in [1.807, 2.05) is 0 Å². The van der Waals surface area contributed by atoms with E-state index in [2.05, 4.69) is 43.5 Å². The number of hydrogen-bond acceptors (Lipinski definition) is 5. The third-order valence-electron chi connectivity index (χ3n) is 17.7. The highest BCUT2D eigenvalue weighted by molar-refractivity contribution is 5.76. The van der Waals surface area contributed by atoms with Crippen molar-refractivity contribution < 1.29 is 24.5 Å². The molecule has 0 aromatic rings. The molecule has 0 aliphatic rings. The molecule has 0 fully saturated rings. The number of carbonyl (C=O) groups is 2. The minimum atomic E-state index is -0.664. The molecule has 0 aromatic carbocycles. The number of nitrogens with one attached hydrogen (secondary N) is 1. The number of unbranched alkanes of at least 4 members (excludes halogenated alkanes) is 56. The number of aliphatic hydroxyl groups excluding tert-OH is 2. The minimum Gasteiger partial charge on any atom is -0.466 e. The quantitative estimate of drug-likeness (QED) is 0.0320. The molecule has 1 amide bonds. The minimum absolute atomic E-state index is 0.0101. The van der Waals surface area contributed by atoms with E-state index in [1.54, 1.807) is 0 Å². The summed E-state index contributed by atoms with van der Waals surface area (Å²) in [6, 6.07) is -0.541. The van der Waals surface area contributed by atoms with Gasteiger partial charge >= 0.3 is 5.97 Å². The molecule has 0 aliphatic carbocycles. The van der Waals surface area contributed by atoms with Crippen LogP contribution < -0.4 is 5.32 Å². The highest BCUT2D eigenvalue weighted by Crippen LogP contribution is 2.19. The van der Waals surface area contributed by atoms with Crippen LogP contribution in [0.4, 0.5) is 0 Å². The third kappa shape index (κ3) is 67.5. The molecule has 0 rings (SSSR count). The topological polar surface area (TPSA) is 95.9 Å². The maximum Gasteiger partial charge on any atom is 0.305 e. The summed E-state index contributed by atoms with van der Waals surface area (Å²) < 4.78 is 5.49. The Kier molecular flexibility index (Phi) is 70.4. The monoisotopic (exact) mass is 1150 g/mol. The van der Waals surface area contributed by atoms with Crippen molar-refractivity contribution in [3.8, 4) is 0 Å². The van der Waals surface area contributed by atoms with Crippen LogP contribution in [0.15, 0.2) is 24.3 Å². The summed E-state index contributed by atoms with van der Waals surface area (Å²) in [4.78, 5) is 24.6. The highest BCUT2D eigenvalue weighted by atomic mass is 16.5. The number of carbonyl (C=O) groups excluding carboxylic acids is 2. The van der Waals surface area contributed by atoms with Gasteiger partial charge in [0.2, 0.25) is 5.91 Å². The van der Waals surface area contributed by atoms with Crippen LogP contribution in [0.3, 0.4) is 0 Å². The Bertz CT molecular complexity index is 1280. The van der Waals surface area contributed by atoms with E-state index in [4.69, 9.17) is 4.74 Å². The van der Waals surface area contributed by atoms with E-state index in [9.17, 15) is 19.8 Å². The molecule has 0 spiro atoms. The fraction of sp³-hybridized carbons (Fsp3) is 0.921. The summed E-state index contributed by atoms with van der Waals surface area (Å²) >= 11 is 0. The first-order valence-electron chi connectivity index (χ1n) is 37.6. The van der Waals surface area contributed by atoms with Crippen molar-refractivity contribution in [3.63, 3.8) is 0 Å². The van der Waals surface area contributed by atoms with Gasteiger partial charge in [-0.1, -0.05) is 359 Å². The largest absolute Gasteiger partial charge is 0.466 e. The molecule has 0 aliphatic heterocycles. The standard InChI is InChI=1S/C76H147NO5/c1-3-5-7-9-11-13-15-17-19-20-21-34-37-41-44-48-52-56-60-64-68-74(79)73(72-78)77-75(80)69-65-61-57-53-49-45-42-38-35-32-30-28-26-24-22-23-25-27-29-31-33-36-39-43-47-51-55-59-63-67-71-82-76(81)70-66-62-58-54-50-46-40-18-16-14-12-10-8-6-4-2/h18,23,25,40,73-74,78-79H,3-17,19-22,24,26-39,41-72H2,1-2H3,(H,77,80)/b25-23-,40-18-. The molecular formula is C76H147NO5. The Morgan fingerprint density at radius 2 is 0.573 bits per heavy atom. The first-order valence-corrected chi connectivity index (χ1v) is 37.6. The lowest BCUT2D eigenvalue weighted by Crippen LogP contribution is -2.45. The fourth-order valence-corrected chi connectivity index (χ4v) is 12.0. The summed E-state index contributed by atoms with van der Waals surface area (Å²) in [6.07, 6.45) is 91.0. The number of hydrogen-bond donors (Lipinski definition) is 3. The first-order chi connectivity index (χ1) is 40.5. The summed E-state index contributed by atoms with van der Waals surface area (Å²) in [5.41, 5.74) is 0. The average molecular weight is 1160 g/mol. The van der Waals surface area contributed by atoms with Gasteiger partial charge in [0.1, 0.15) is 0 Å². The van der Waals surface area contributed by atoms with E-state index in [1.165, 1.54) is 347 Å². The van der Waals surface area contributed by atoms with Crippen LogP contribution in [0.1, 0.15) is 425 Å². The number of ether oxygens (including phenoxy) is 1. The molecule has 0 saturated carbocycles. The molecule has 0 bridgehead atoms. The molecule has 0 radical (unpaired) electrons. The second-order valence-electron chi connectivity index (χ2n) is 26.0. The van der Waals surface area contributed by atoms with Gasteiger partial charge in [-0.3, -0.25) is 9.59 Å². The zero-order valence-electron chi connectivity index (χ0n) is 55.8. The Balaban J connectivity index is 3.36. The smallest absolute Gasteiger partial charge is 0.305 e. The predicted octanol–water partition coefficient (Wildman–Crippen LogP) is 24.5. The van der Waals surface area contributed by atoms with Crippen molar-refractivity contribution in [2.24, 2.45) is 0 Å². The molecule has 3 N–H and O–H groups in total. The average Bonchev–Trinajstić information content (AvgIpc) is 3.48. The maximum atomic E-state index is 12.6. The highest BCUT2D eigenvalue weighted by Gasteiger charge is 2.20. The molecule has 486 valence electrons. The lowest BCUT2D eigenvalue weighted by Gasteiger charge is -2.22. The van der Waals surface area contributed by atoms with Gasteiger partial charge in [0.05, 0.1) is 25.4 Å². The van der Waals surface area contributed by atoms with Crippen molar-refractivity contribution in [3.05, 3.63) is 24.3 Å². The van der Waals surface area contributed by atoms with Crippen LogP contribution in [0.5, 0.6) is 0 Å². The maximum absolute atomic E-state index is 12.6. The van der Waals surface area contributed by atoms with E-state index >= 15 is 0 Å². The summed E-state index contributed by atoms with van der Waals surface area (Å²) in [5.74, 6) is -0.0188. The molecule has 6 heteroatoms. The van der Waals surface area contributed by atoms with Gasteiger partial charge in [-0.05, 0) is 77.0 Å². The second-order valence-corrected chi connectivity index (χ2v) is 26.0. The fourth-order valence-electron chi connectivity index (χ4n) is 12.0. The van der Waals surface area contributed by atoms with E-state index in [0.717, 1.165) is 44.9 Å². The van der Waals surface area contributed by atoms with Gasteiger partial charge in [-0.25, -0.2) is 0 Å². The number of esters is 1. The molecule has 0 heterocycles. The van der Waals surface area contributed by atoms with Gasteiger partial charge in [-0.2, -0.15) is 0 Å². The molecule has 6 nitrogen and oxygen atoms in total. The van der Waals surface area contributed by atoms with Gasteiger partial charge in [-0.15, -0.1) is 0 Å². The van der Waals surface area contributed by atoms with Crippen molar-refractivity contribution >= 4 is 11.9 Å². The lowest BCUT2D eigenvalue weighted by atomic mass is 10.0. The zero-order chi connectivity index (χ0) is 59.2. The number of amides is 1. The summed E-state index contributed by atoms with van der Waals surface area (Å²) in [5, 5.41) is 23.4. The predicted molar refractivity (Wildman–Crippen MR) is 361 cm³/mol. The Morgan fingerprint density at radius 3 is 0.866 bits per heavy atom. The van der Waals surface area contributed by atoms with Crippen molar-refractivity contribution in [1.29, 1.82) is 0 Å². The third-order valence-corrected chi connectivity index (χ3v) is 17.7. The van der Waals surface area contributed by atoms with Crippen LogP contribution >= 0.6 is 0 Å². The molecule has 0 saturated heterocycles. The van der Waals surface area contributed by atoms with Crippen LogP contribution in [0.25, 0.3) is 0 Å². The van der Waals surface area contributed by atoms with Crippen LogP contribution in [-0.4, -0.2) is 47.4 Å². The van der Waals surface area contributed by atoms with Crippen molar-refractivity contribution in [2.75, 3.05) is 13.2 Å². The van der Waals surface area contributed by atoms with E-state index in [-0.39, 0.29) is 18.5 Å². The van der Waals surface area contributed by atoms with Crippen molar-refractivity contribution in [1.82, 2.24) is 5.32 Å². The Labute approximate surface area is 513 Å². The molecule has 0 aromatic heterocycles. The van der Waals surface area contributed by atoms with E-state index in [0.29, 0.717) is 25.9 Å². The SMILES string of the molecule is CCCCCCCC/C=C\CCCCCCCC(=O)OCCCCCCCCCCCCCC/C=C\CCCCCCCCCCCCCCCCC(=O)NC(CO)C(O)CCCCCCCCCCCCCCCCCCCCCC. The van der Waals surface area contributed by atoms with Gasteiger partial charge in [0.15, 0.2) is 0 Å². The summed E-state index contributed by atoms with van der Waals surface area (Å²) in [7, 11) is 0. The van der Waals surface area contributed by atoms with Gasteiger partial charge in [0.25, 0.3) is 0 Å². The second kappa shape index (κ2) is 71.8. The molecule has 2 atom stereocenters. The van der Waals surface area contributed by atoms with Crippen LogP contribution in [0, 0.1) is 0 Å². The normalized spacial score (nSPS) is 12.6. The van der Waals surface area contributed by atoms with Crippen LogP contribution in [0.2, 0.25) is 0 Å². The number of allylic oxidation sites excluding steroid dienone is 4. The summed E-state index contributed by atoms with van der Waals surface area (Å²) in [6.45, 7) is 4.99. The Morgan fingerprint density at radius 1 is 0.329 bits per heavy atom.